The molecule has 0 bridgehead atoms. The minimum absolute atomic E-state index is 0.00679. The van der Waals surface area contributed by atoms with Crippen LogP contribution in [0.1, 0.15) is 40.4 Å². The molecule has 1 aliphatic heterocycles. The van der Waals surface area contributed by atoms with Gasteiger partial charge >= 0.3 is 0 Å². The van der Waals surface area contributed by atoms with Crippen molar-refractivity contribution in [3.05, 3.63) is 39.6 Å². The van der Waals surface area contributed by atoms with Gasteiger partial charge in [-0.25, -0.2) is 0 Å². The van der Waals surface area contributed by atoms with Crippen molar-refractivity contribution in [2.75, 3.05) is 25.2 Å². The molecule has 1 N–H and O–H groups in total. The van der Waals surface area contributed by atoms with Crippen molar-refractivity contribution in [1.82, 2.24) is 4.90 Å². The predicted octanol–water partition coefficient (Wildman–Crippen LogP) is 3.70. The summed E-state index contributed by atoms with van der Waals surface area (Å²) in [5, 5.41) is 2.99. The highest BCUT2D eigenvalue weighted by molar-refractivity contribution is 7.14. The normalized spacial score (nSPS) is 17.1. The smallest absolute Gasteiger partial charge is 0.263 e. The van der Waals surface area contributed by atoms with Gasteiger partial charge in [0, 0.05) is 35.6 Å². The predicted molar refractivity (Wildman–Crippen MR) is 108 cm³/mol. The molecule has 0 radical (unpaired) electrons. The number of nitrogens with zero attached hydrogens (tertiary/aromatic N) is 1. The molecule has 1 atom stereocenters. The van der Waals surface area contributed by atoms with Crippen LogP contribution in [0.2, 0.25) is 0 Å². The van der Waals surface area contributed by atoms with Crippen LogP contribution in [-0.4, -0.2) is 36.6 Å². The molecule has 6 nitrogen and oxygen atoms in total. The maximum Gasteiger partial charge on any atom is 0.263 e. The highest BCUT2D eigenvalue weighted by atomic mass is 32.1. The fraction of sp³-hybridized carbons (Fsp3) is 0.429. The molecule has 4 rings (SSSR count). The van der Waals surface area contributed by atoms with Crippen LogP contribution in [0, 0.1) is 5.92 Å². The van der Waals surface area contributed by atoms with Gasteiger partial charge in [0.2, 0.25) is 12.7 Å². The third-order valence-corrected chi connectivity index (χ3v) is 6.58. The molecule has 2 amide bonds. The summed E-state index contributed by atoms with van der Waals surface area (Å²) in [7, 11) is 0. The number of nitrogens with one attached hydrogen (secondary N) is 1. The lowest BCUT2D eigenvalue weighted by molar-refractivity contribution is -0.120. The second-order valence-electron chi connectivity index (χ2n) is 7.03. The molecule has 148 valence electrons. The zero-order chi connectivity index (χ0) is 19.7. The molecule has 2 aliphatic rings. The van der Waals surface area contributed by atoms with Crippen LogP contribution in [0.15, 0.2) is 24.3 Å². The van der Waals surface area contributed by atoms with E-state index in [2.05, 4.69) is 5.32 Å². The lowest BCUT2D eigenvalue weighted by Crippen LogP contribution is -2.29. The van der Waals surface area contributed by atoms with Gasteiger partial charge in [-0.05, 0) is 56.9 Å². The summed E-state index contributed by atoms with van der Waals surface area (Å²) in [5.74, 6) is 1.35. The number of rotatable bonds is 5. The Hall–Kier alpha value is -2.54. The third kappa shape index (κ3) is 3.58. The summed E-state index contributed by atoms with van der Waals surface area (Å²) in [5.41, 5.74) is 1.85. The SMILES string of the molecule is CCN(CC)C(=O)c1cc2c(s1)CCC(C(=O)Nc1ccc3c(c1)OCO3)C2. The zero-order valence-electron chi connectivity index (χ0n) is 16.1. The summed E-state index contributed by atoms with van der Waals surface area (Å²) in [4.78, 5) is 29.2. The Morgan fingerprint density at radius 2 is 1.96 bits per heavy atom. The van der Waals surface area contributed by atoms with Gasteiger partial charge in [-0.1, -0.05) is 0 Å². The molecule has 1 aliphatic carbocycles. The van der Waals surface area contributed by atoms with E-state index in [1.54, 1.807) is 23.5 Å². The van der Waals surface area contributed by atoms with E-state index in [9.17, 15) is 9.59 Å². The second kappa shape index (κ2) is 7.83. The number of carbonyl (C=O) groups is 2. The number of fused-ring (bicyclic) bond motifs is 2. The summed E-state index contributed by atoms with van der Waals surface area (Å²) < 4.78 is 10.7. The van der Waals surface area contributed by atoms with Crippen LogP contribution >= 0.6 is 11.3 Å². The van der Waals surface area contributed by atoms with Crippen molar-refractivity contribution >= 4 is 28.8 Å². The van der Waals surface area contributed by atoms with Gasteiger partial charge in [0.1, 0.15) is 0 Å². The largest absolute Gasteiger partial charge is 0.454 e. The van der Waals surface area contributed by atoms with E-state index in [-0.39, 0.29) is 24.5 Å². The van der Waals surface area contributed by atoms with Crippen LogP contribution in [0.4, 0.5) is 5.69 Å². The molecule has 1 aromatic carbocycles. The molecule has 28 heavy (non-hydrogen) atoms. The highest BCUT2D eigenvalue weighted by Gasteiger charge is 2.28. The van der Waals surface area contributed by atoms with Gasteiger partial charge in [0.25, 0.3) is 5.91 Å². The van der Waals surface area contributed by atoms with Gasteiger partial charge in [-0.2, -0.15) is 0 Å². The minimum Gasteiger partial charge on any atom is -0.454 e. The van der Waals surface area contributed by atoms with E-state index in [0.717, 1.165) is 23.3 Å². The Labute approximate surface area is 168 Å². The van der Waals surface area contributed by atoms with Crippen LogP contribution in [0.3, 0.4) is 0 Å². The van der Waals surface area contributed by atoms with Crippen LogP contribution in [-0.2, 0) is 17.6 Å². The summed E-state index contributed by atoms with van der Waals surface area (Å²) in [6.45, 7) is 5.61. The monoisotopic (exact) mass is 400 g/mol. The topological polar surface area (TPSA) is 67.9 Å². The van der Waals surface area contributed by atoms with E-state index >= 15 is 0 Å². The molecule has 0 saturated heterocycles. The number of aryl methyl sites for hydroxylation is 1. The molecule has 0 fully saturated rings. The number of hydrogen-bond acceptors (Lipinski definition) is 5. The Kier molecular flexibility index (Phi) is 5.26. The number of benzene rings is 1. The first-order chi connectivity index (χ1) is 13.6. The lowest BCUT2D eigenvalue weighted by atomic mass is 9.87. The van der Waals surface area contributed by atoms with E-state index in [1.165, 1.54) is 4.88 Å². The number of anilines is 1. The number of ether oxygens (including phenoxy) is 2. The molecule has 7 heteroatoms. The van der Waals surface area contributed by atoms with Gasteiger partial charge in [0.05, 0.1) is 4.88 Å². The third-order valence-electron chi connectivity index (χ3n) is 5.36. The average Bonchev–Trinajstić information content (AvgIpc) is 3.34. The highest BCUT2D eigenvalue weighted by Crippen LogP contribution is 2.36. The zero-order valence-corrected chi connectivity index (χ0v) is 16.9. The summed E-state index contributed by atoms with van der Waals surface area (Å²) in [6.07, 6.45) is 2.31. The van der Waals surface area contributed by atoms with Gasteiger partial charge < -0.3 is 19.7 Å². The average molecular weight is 401 g/mol. The standard InChI is InChI=1S/C21H24N2O4S/c1-3-23(4-2)21(25)19-10-14-9-13(5-8-18(14)28-19)20(24)22-15-6-7-16-17(11-15)27-12-26-16/h6-7,10-11,13H,3-5,8-9,12H2,1-2H3,(H,22,24). The van der Waals surface area contributed by atoms with Crippen molar-refractivity contribution in [1.29, 1.82) is 0 Å². The molecule has 2 aromatic rings. The first kappa shape index (κ1) is 18.8. The number of carbonyl (C=O) groups excluding carboxylic acids is 2. The van der Waals surface area contributed by atoms with Gasteiger partial charge in [0.15, 0.2) is 11.5 Å². The van der Waals surface area contributed by atoms with E-state index < -0.39 is 0 Å². The van der Waals surface area contributed by atoms with Crippen molar-refractivity contribution in [2.24, 2.45) is 5.92 Å². The quantitative estimate of drug-likeness (QED) is 0.831. The maximum atomic E-state index is 12.8. The first-order valence-electron chi connectivity index (χ1n) is 9.70. The van der Waals surface area contributed by atoms with Crippen LogP contribution in [0.5, 0.6) is 11.5 Å². The minimum atomic E-state index is -0.0936. The number of thiophene rings is 1. The van der Waals surface area contributed by atoms with Crippen molar-refractivity contribution in [3.63, 3.8) is 0 Å². The first-order valence-corrected chi connectivity index (χ1v) is 10.5. The second-order valence-corrected chi connectivity index (χ2v) is 8.17. The van der Waals surface area contributed by atoms with E-state index in [1.807, 2.05) is 30.9 Å². The molecule has 2 heterocycles. The molecule has 1 aromatic heterocycles. The number of hydrogen-bond donors (Lipinski definition) is 1. The Balaban J connectivity index is 1.43. The lowest BCUT2D eigenvalue weighted by Gasteiger charge is -2.21. The Morgan fingerprint density at radius 1 is 1.18 bits per heavy atom. The van der Waals surface area contributed by atoms with Crippen LogP contribution < -0.4 is 14.8 Å². The Morgan fingerprint density at radius 3 is 2.75 bits per heavy atom. The van der Waals surface area contributed by atoms with E-state index in [0.29, 0.717) is 36.7 Å². The molecular weight excluding hydrogens is 376 g/mol. The molecule has 1 unspecified atom stereocenters. The number of amides is 2. The molecular formula is C21H24N2O4S. The van der Waals surface area contributed by atoms with Gasteiger partial charge in [-0.15, -0.1) is 11.3 Å². The van der Waals surface area contributed by atoms with E-state index in [4.69, 9.17) is 9.47 Å². The Bertz CT molecular complexity index is 904. The fourth-order valence-corrected chi connectivity index (χ4v) is 4.91. The molecule has 0 spiro atoms. The summed E-state index contributed by atoms with van der Waals surface area (Å²) >= 11 is 1.58. The molecule has 0 saturated carbocycles. The van der Waals surface area contributed by atoms with Crippen molar-refractivity contribution < 1.29 is 19.1 Å². The van der Waals surface area contributed by atoms with Gasteiger partial charge in [-0.3, -0.25) is 9.59 Å². The van der Waals surface area contributed by atoms with Crippen LogP contribution in [0.25, 0.3) is 0 Å². The maximum absolute atomic E-state index is 12.8. The van der Waals surface area contributed by atoms with Crippen molar-refractivity contribution in [2.45, 2.75) is 33.1 Å². The fourth-order valence-electron chi connectivity index (χ4n) is 3.74. The van der Waals surface area contributed by atoms with Crippen molar-refractivity contribution in [3.8, 4) is 11.5 Å². The summed E-state index contributed by atoms with van der Waals surface area (Å²) in [6, 6.07) is 7.41.